The standard InChI is InChI=1S/C60H68N10O6S.C33H43BrN6O3/c1-38-42(43-19-21-52(62-55(43)58(74)76-60(2,3)4)70-29-25-40-11-8-13-44(47(40)37-70)56(72)64-59-61-48-14-6-7-16-51(48)77-59)12-9-15-50(38)75-34-10-26-67-27-23-39(24-28-67)36-68-30-32-69(33-31-68)41-17-18-45-49(35-41)66(5)65-54(45)46-20-22-53(71)63-57(46)73;1-23-28(34)5-3-6-30(23)43-20-4-13-38-14-11-24(12-15-38)22-39-16-18-40(19-17-39)25-7-8-26-29(21-25)37(2)36-32(26)27-9-10-31(41)35-33(27)42/h6-9,11-19,21,35,39,46H,10,20,22-34,36-37H2,1-5H3,(H,61,64,72)(H,63,71,73);3,5-8,21,24,27H,4,9-20,22H2,1-2H3,(H,35,41,42). The molecular weight excluding hydrogens is 1600 g/mol. The minimum atomic E-state index is -0.733. The number of pyridine rings is 1. The Hall–Kier alpha value is -10.2. The SMILES string of the molecule is Cc1c(Br)cccc1OCCCN1CCC(CN2CCN(c3ccc4c(C5CCC(=O)NC5=O)nn(C)c4c3)CC2)CC1.Cc1c(OCCCN2CCC(CN3CCN(c4ccc5c(C6CCC(=O)NC6=O)nn(C)c5c4)CC3)CC2)cccc1-c1ccc(N2CCc3cccc(C(=O)Nc4nc5ccccc5s4)c3C2)nc1C(=O)OC(C)(C)C. The maximum Gasteiger partial charge on any atom is 0.358 e. The van der Waals surface area contributed by atoms with Gasteiger partial charge in [-0.1, -0.05) is 69.7 Å². The van der Waals surface area contributed by atoms with Crippen LogP contribution in [0.15, 0.2) is 132 Å². The molecule has 6 fully saturated rings. The number of carbonyl (C=O) groups is 6. The van der Waals surface area contributed by atoms with Crippen molar-refractivity contribution in [3.63, 3.8) is 0 Å². The summed E-state index contributed by atoms with van der Waals surface area (Å²) in [5.74, 6) is 1.46. The molecule has 0 radical (unpaired) electrons. The Kier molecular flexibility index (Phi) is 25.8. The number of piperazine rings is 2. The quantitative estimate of drug-likeness (QED) is 0.0306. The summed E-state index contributed by atoms with van der Waals surface area (Å²) in [5, 5.41) is 20.0. The number of amides is 5. The van der Waals surface area contributed by atoms with E-state index in [0.717, 1.165) is 192 Å². The number of anilines is 4. The summed E-state index contributed by atoms with van der Waals surface area (Å²) >= 11 is 5.03. The number of rotatable bonds is 23. The molecule has 0 spiro atoms. The van der Waals surface area contributed by atoms with E-state index >= 15 is 0 Å². The van der Waals surface area contributed by atoms with Crippen molar-refractivity contribution in [3.05, 3.63) is 177 Å². The zero-order chi connectivity index (χ0) is 83.3. The van der Waals surface area contributed by atoms with E-state index in [-0.39, 0.29) is 41.1 Å². The van der Waals surface area contributed by atoms with Crippen molar-refractivity contribution >= 4 is 117 Å². The number of esters is 1. The van der Waals surface area contributed by atoms with Crippen molar-refractivity contribution in [1.29, 1.82) is 0 Å². The molecule has 25 nitrogen and oxygen atoms in total. The number of aromatic nitrogens is 6. The van der Waals surface area contributed by atoms with Crippen LogP contribution >= 0.6 is 27.3 Å². The Balaban J connectivity index is 0.000000210. The molecule has 3 N–H and O–H groups in total. The lowest BCUT2D eigenvalue weighted by molar-refractivity contribution is -0.135. The van der Waals surface area contributed by atoms with Gasteiger partial charge in [0.2, 0.25) is 23.6 Å². The number of nitrogens with one attached hydrogen (secondary N) is 3. The Morgan fingerprint density at radius 1 is 0.550 bits per heavy atom. The van der Waals surface area contributed by atoms with Crippen LogP contribution in [0.25, 0.3) is 43.1 Å². The summed E-state index contributed by atoms with van der Waals surface area (Å²) < 4.78 is 24.3. The summed E-state index contributed by atoms with van der Waals surface area (Å²) in [6.45, 7) is 29.3. The Labute approximate surface area is 714 Å². The van der Waals surface area contributed by atoms with Crippen LogP contribution in [0, 0.1) is 25.7 Å². The summed E-state index contributed by atoms with van der Waals surface area (Å²) in [7, 11) is 3.86. The first kappa shape index (κ1) is 83.5. The van der Waals surface area contributed by atoms with Crippen LogP contribution in [0.5, 0.6) is 11.5 Å². The van der Waals surface area contributed by atoms with Crippen LogP contribution in [0.2, 0.25) is 0 Å². The van der Waals surface area contributed by atoms with Crippen molar-refractivity contribution in [3.8, 4) is 22.6 Å². The maximum atomic E-state index is 14.1. The van der Waals surface area contributed by atoms with Crippen molar-refractivity contribution < 1.29 is 43.0 Å². The van der Waals surface area contributed by atoms with E-state index in [1.54, 1.807) is 0 Å². The molecule has 7 aliphatic rings. The van der Waals surface area contributed by atoms with Gasteiger partial charge in [0.25, 0.3) is 5.91 Å². The molecular formula is C93H111BrN16O9S. The number of aryl methyl sites for hydroxylation is 2. The van der Waals surface area contributed by atoms with Crippen LogP contribution in [0.1, 0.15) is 151 Å². The fourth-order valence-corrected chi connectivity index (χ4v) is 19.6. The number of likely N-dealkylation sites (tertiary alicyclic amines) is 2. The van der Waals surface area contributed by atoms with Gasteiger partial charge < -0.3 is 38.7 Å². The number of ether oxygens (including phenoxy) is 3. The highest BCUT2D eigenvalue weighted by Gasteiger charge is 2.36. The van der Waals surface area contributed by atoms with Gasteiger partial charge in [0, 0.05) is 162 Å². The summed E-state index contributed by atoms with van der Waals surface area (Å²) in [6, 6.07) is 42.6. The molecule has 27 heteroatoms. The number of halogens is 1. The van der Waals surface area contributed by atoms with Gasteiger partial charge >= 0.3 is 5.97 Å². The van der Waals surface area contributed by atoms with Crippen molar-refractivity contribution in [2.45, 2.75) is 129 Å². The van der Waals surface area contributed by atoms with Gasteiger partial charge in [0.05, 0.1) is 57.7 Å². The normalized spacial score (nSPS) is 19.0. The number of nitrogens with zero attached hydrogens (tertiary/aromatic N) is 13. The number of fused-ring (bicyclic) bond motifs is 4. The van der Waals surface area contributed by atoms with E-state index in [0.29, 0.717) is 79.8 Å². The van der Waals surface area contributed by atoms with Gasteiger partial charge in [-0.05, 0) is 238 Å². The number of thiazole rings is 1. The molecule has 2 unspecified atom stereocenters. The molecule has 630 valence electrons. The highest BCUT2D eigenvalue weighted by molar-refractivity contribution is 9.10. The number of carbonyl (C=O) groups excluding carboxylic acids is 6. The van der Waals surface area contributed by atoms with Gasteiger partial charge in [-0.2, -0.15) is 10.2 Å². The van der Waals surface area contributed by atoms with Gasteiger partial charge in [0.1, 0.15) is 22.9 Å². The van der Waals surface area contributed by atoms with E-state index in [9.17, 15) is 28.8 Å². The average molecular weight is 1710 g/mol. The molecule has 10 aromatic rings. The highest BCUT2D eigenvalue weighted by atomic mass is 79.9. The van der Waals surface area contributed by atoms with Crippen LogP contribution in [-0.2, 0) is 51.0 Å². The van der Waals surface area contributed by atoms with Gasteiger partial charge in [-0.25, -0.2) is 14.8 Å². The van der Waals surface area contributed by atoms with Crippen LogP contribution in [-0.4, -0.2) is 215 Å². The summed E-state index contributed by atoms with van der Waals surface area (Å²) in [4.78, 5) is 104. The van der Waals surface area contributed by atoms with E-state index < -0.39 is 17.5 Å². The fraction of sp³-hybridized carbons (Fsp3) is 0.462. The van der Waals surface area contributed by atoms with Crippen LogP contribution in [0.3, 0.4) is 0 Å². The molecule has 5 amide bonds. The smallest absolute Gasteiger partial charge is 0.358 e. The second kappa shape index (κ2) is 37.0. The molecule has 17 rings (SSSR count). The van der Waals surface area contributed by atoms with Crippen LogP contribution < -0.4 is 40.1 Å². The predicted octanol–water partition coefficient (Wildman–Crippen LogP) is 13.6. The largest absolute Gasteiger partial charge is 0.493 e. The number of hydrogen-bond donors (Lipinski definition) is 3. The maximum absolute atomic E-state index is 14.1. The molecule has 6 aromatic carbocycles. The first-order valence-corrected chi connectivity index (χ1v) is 44.6. The van der Waals surface area contributed by atoms with E-state index in [4.69, 9.17) is 29.4 Å². The zero-order valence-corrected chi connectivity index (χ0v) is 72.5. The predicted molar refractivity (Wildman–Crippen MR) is 475 cm³/mol. The first-order valence-electron chi connectivity index (χ1n) is 42.9. The van der Waals surface area contributed by atoms with E-state index in [1.807, 2.05) is 130 Å². The zero-order valence-electron chi connectivity index (χ0n) is 70.1. The van der Waals surface area contributed by atoms with Crippen LogP contribution in [0.4, 0.5) is 22.3 Å². The van der Waals surface area contributed by atoms with Gasteiger partial charge in [-0.3, -0.25) is 59.1 Å². The number of hydrogen-bond acceptors (Lipinski definition) is 21. The molecule has 0 bridgehead atoms. The molecule has 6 saturated heterocycles. The monoisotopic (exact) mass is 1710 g/mol. The van der Waals surface area contributed by atoms with Crippen molar-refractivity contribution in [2.75, 3.05) is 144 Å². The molecule has 11 heterocycles. The lowest BCUT2D eigenvalue weighted by atomic mass is 9.93. The van der Waals surface area contributed by atoms with Gasteiger partial charge in [-0.15, -0.1) is 0 Å². The number of piperidine rings is 4. The van der Waals surface area contributed by atoms with Crippen molar-refractivity contribution in [1.82, 2.24) is 59.8 Å². The summed E-state index contributed by atoms with van der Waals surface area (Å²) in [5.41, 5.74) is 12.5. The van der Waals surface area contributed by atoms with E-state index in [2.05, 4.69) is 127 Å². The molecule has 120 heavy (non-hydrogen) atoms. The third-order valence-corrected chi connectivity index (χ3v) is 27.0. The minimum absolute atomic E-state index is 0.196. The van der Waals surface area contributed by atoms with Gasteiger partial charge in [0.15, 0.2) is 10.8 Å². The number of imide groups is 2. The topological polar surface area (TPSA) is 250 Å². The molecule has 2 atom stereocenters. The Morgan fingerprint density at radius 2 is 1.09 bits per heavy atom. The van der Waals surface area contributed by atoms with E-state index in [1.165, 1.54) is 73.6 Å². The average Bonchev–Trinajstić information content (AvgIpc) is 1.24. The number of benzene rings is 6. The molecule has 0 aliphatic carbocycles. The second-order valence-corrected chi connectivity index (χ2v) is 36.3. The lowest BCUT2D eigenvalue weighted by Crippen LogP contribution is -2.49. The molecule has 4 aromatic heterocycles. The minimum Gasteiger partial charge on any atom is -0.493 e. The fourth-order valence-electron chi connectivity index (χ4n) is 18.4. The Morgan fingerprint density at radius 3 is 1.64 bits per heavy atom. The number of para-hydroxylation sites is 1. The third kappa shape index (κ3) is 19.4. The second-order valence-electron chi connectivity index (χ2n) is 34.4. The lowest BCUT2D eigenvalue weighted by Gasteiger charge is -2.39. The molecule has 7 aliphatic heterocycles. The summed E-state index contributed by atoms with van der Waals surface area (Å²) in [6.07, 6.45) is 9.31. The van der Waals surface area contributed by atoms with Crippen molar-refractivity contribution in [2.24, 2.45) is 25.9 Å². The third-order valence-electron chi connectivity index (χ3n) is 25.2. The highest BCUT2D eigenvalue weighted by Crippen LogP contribution is 2.40. The Bertz CT molecular complexity index is 5400. The molecule has 0 saturated carbocycles. The first-order chi connectivity index (χ1) is 58.1.